The third kappa shape index (κ3) is 2.21. The van der Waals surface area contributed by atoms with Crippen LogP contribution in [0.4, 0.5) is 14.5 Å². The molecule has 1 aromatic carbocycles. The molecule has 3 N–H and O–H groups in total. The lowest BCUT2D eigenvalue weighted by atomic mass is 10.0. The van der Waals surface area contributed by atoms with Crippen molar-refractivity contribution in [1.82, 2.24) is 4.98 Å². The van der Waals surface area contributed by atoms with Crippen molar-refractivity contribution >= 4 is 21.6 Å². The van der Waals surface area contributed by atoms with E-state index in [1.807, 2.05) is 0 Å². The Morgan fingerprint density at radius 1 is 1.22 bits per heavy atom. The number of nitrogens with two attached hydrogens (primary N) is 1. The summed E-state index contributed by atoms with van der Waals surface area (Å²) in [6, 6.07) is 3.76. The van der Waals surface area contributed by atoms with E-state index in [-0.39, 0.29) is 10.0 Å². The smallest absolute Gasteiger partial charge is 0.173 e. The average molecular weight is 315 g/mol. The molecule has 0 bridgehead atoms. The SMILES string of the molecule is Nc1ccncc1C(O)c1ccc(F)c(F)c1Br. The maximum absolute atomic E-state index is 13.4. The molecule has 0 aliphatic heterocycles. The van der Waals surface area contributed by atoms with Crippen LogP contribution in [0.25, 0.3) is 0 Å². The quantitative estimate of drug-likeness (QED) is 0.838. The highest BCUT2D eigenvalue weighted by Crippen LogP contribution is 2.33. The number of hydrogen-bond acceptors (Lipinski definition) is 3. The number of aromatic nitrogens is 1. The molecule has 94 valence electrons. The highest BCUT2D eigenvalue weighted by atomic mass is 79.9. The fourth-order valence-corrected chi connectivity index (χ4v) is 2.10. The molecule has 0 aliphatic rings. The maximum Gasteiger partial charge on any atom is 0.173 e. The van der Waals surface area contributed by atoms with Gasteiger partial charge in [-0.15, -0.1) is 0 Å². The van der Waals surface area contributed by atoms with Gasteiger partial charge in [0.2, 0.25) is 0 Å². The molecular formula is C12H9BrF2N2O. The van der Waals surface area contributed by atoms with Crippen LogP contribution in [-0.4, -0.2) is 10.1 Å². The second-order valence-electron chi connectivity index (χ2n) is 3.67. The van der Waals surface area contributed by atoms with Crippen LogP contribution in [-0.2, 0) is 0 Å². The van der Waals surface area contributed by atoms with Crippen LogP contribution in [0.1, 0.15) is 17.2 Å². The Balaban J connectivity index is 2.50. The summed E-state index contributed by atoms with van der Waals surface area (Å²) in [5.74, 6) is -2.04. The molecule has 2 rings (SSSR count). The van der Waals surface area contributed by atoms with Crippen molar-refractivity contribution in [3.63, 3.8) is 0 Å². The lowest BCUT2D eigenvalue weighted by molar-refractivity contribution is 0.219. The van der Waals surface area contributed by atoms with E-state index >= 15 is 0 Å². The van der Waals surface area contributed by atoms with Gasteiger partial charge in [-0.25, -0.2) is 8.78 Å². The first kappa shape index (κ1) is 12.9. The minimum absolute atomic E-state index is 0.127. The Kier molecular flexibility index (Phi) is 3.58. The zero-order chi connectivity index (χ0) is 13.3. The lowest BCUT2D eigenvalue weighted by Gasteiger charge is -2.15. The molecule has 1 heterocycles. The Hall–Kier alpha value is -1.53. The second kappa shape index (κ2) is 4.99. The lowest BCUT2D eigenvalue weighted by Crippen LogP contribution is -2.06. The number of aliphatic hydroxyl groups is 1. The summed E-state index contributed by atoms with van der Waals surface area (Å²) in [5.41, 5.74) is 6.55. The normalized spacial score (nSPS) is 12.4. The van der Waals surface area contributed by atoms with Gasteiger partial charge in [0, 0.05) is 29.2 Å². The fourth-order valence-electron chi connectivity index (χ4n) is 1.57. The largest absolute Gasteiger partial charge is 0.398 e. The van der Waals surface area contributed by atoms with Crippen LogP contribution in [0, 0.1) is 11.6 Å². The van der Waals surface area contributed by atoms with Crippen molar-refractivity contribution in [2.24, 2.45) is 0 Å². The number of aliphatic hydroxyl groups excluding tert-OH is 1. The Bertz CT molecular complexity index is 592. The molecule has 3 nitrogen and oxygen atoms in total. The third-order valence-corrected chi connectivity index (χ3v) is 3.35. The number of hydrogen-bond donors (Lipinski definition) is 2. The molecule has 1 aromatic heterocycles. The fraction of sp³-hybridized carbons (Fsp3) is 0.0833. The van der Waals surface area contributed by atoms with Gasteiger partial charge in [0.25, 0.3) is 0 Å². The van der Waals surface area contributed by atoms with E-state index in [9.17, 15) is 13.9 Å². The summed E-state index contributed by atoms with van der Waals surface area (Å²) in [6.07, 6.45) is 1.68. The minimum Gasteiger partial charge on any atom is -0.398 e. The number of halogens is 3. The van der Waals surface area contributed by atoms with E-state index in [4.69, 9.17) is 5.73 Å². The van der Waals surface area contributed by atoms with E-state index < -0.39 is 17.7 Å². The second-order valence-corrected chi connectivity index (χ2v) is 4.46. The third-order valence-electron chi connectivity index (χ3n) is 2.54. The first-order valence-electron chi connectivity index (χ1n) is 5.03. The zero-order valence-corrected chi connectivity index (χ0v) is 10.7. The van der Waals surface area contributed by atoms with Crippen LogP contribution in [0.2, 0.25) is 0 Å². The number of anilines is 1. The van der Waals surface area contributed by atoms with Crippen molar-refractivity contribution in [1.29, 1.82) is 0 Å². The standard InChI is InChI=1S/C12H9BrF2N2O/c13-10-6(1-2-8(14)11(10)15)12(18)7-5-17-4-3-9(7)16/h1-5,12,18H,(H2,16,17). The molecule has 1 unspecified atom stereocenters. The summed E-state index contributed by atoms with van der Waals surface area (Å²) in [6.45, 7) is 0. The summed E-state index contributed by atoms with van der Waals surface area (Å²) in [5, 5.41) is 10.1. The van der Waals surface area contributed by atoms with Gasteiger partial charge in [-0.1, -0.05) is 6.07 Å². The van der Waals surface area contributed by atoms with Crippen LogP contribution in [0.15, 0.2) is 35.1 Å². The topological polar surface area (TPSA) is 59.1 Å². The van der Waals surface area contributed by atoms with Gasteiger partial charge in [0.15, 0.2) is 11.6 Å². The first-order chi connectivity index (χ1) is 8.52. The molecule has 18 heavy (non-hydrogen) atoms. The van der Waals surface area contributed by atoms with Crippen LogP contribution < -0.4 is 5.73 Å². The maximum atomic E-state index is 13.4. The predicted molar refractivity (Wildman–Crippen MR) is 66.8 cm³/mol. The molecule has 0 saturated carbocycles. The van der Waals surface area contributed by atoms with E-state index in [2.05, 4.69) is 20.9 Å². The molecule has 0 saturated heterocycles. The van der Waals surface area contributed by atoms with Crippen molar-refractivity contribution in [2.75, 3.05) is 5.73 Å². The van der Waals surface area contributed by atoms with Gasteiger partial charge in [0.1, 0.15) is 6.10 Å². The van der Waals surface area contributed by atoms with Crippen LogP contribution in [0.5, 0.6) is 0 Å². The summed E-state index contributed by atoms with van der Waals surface area (Å²) in [7, 11) is 0. The molecule has 0 fully saturated rings. The van der Waals surface area contributed by atoms with E-state index in [0.29, 0.717) is 11.3 Å². The van der Waals surface area contributed by atoms with Gasteiger partial charge in [-0.3, -0.25) is 4.98 Å². The van der Waals surface area contributed by atoms with Gasteiger partial charge < -0.3 is 10.8 Å². The van der Waals surface area contributed by atoms with Gasteiger partial charge in [-0.2, -0.15) is 0 Å². The van der Waals surface area contributed by atoms with Crippen molar-refractivity contribution in [3.8, 4) is 0 Å². The molecule has 2 aromatic rings. The molecule has 0 radical (unpaired) electrons. The molecule has 0 spiro atoms. The average Bonchev–Trinajstić information content (AvgIpc) is 2.36. The zero-order valence-electron chi connectivity index (χ0n) is 9.07. The van der Waals surface area contributed by atoms with Gasteiger partial charge >= 0.3 is 0 Å². The highest BCUT2D eigenvalue weighted by Gasteiger charge is 2.20. The summed E-state index contributed by atoms with van der Waals surface area (Å²) < 4.78 is 26.2. The molecule has 6 heteroatoms. The number of benzene rings is 1. The molecular weight excluding hydrogens is 306 g/mol. The van der Waals surface area contributed by atoms with Crippen molar-refractivity contribution in [2.45, 2.75) is 6.10 Å². The first-order valence-corrected chi connectivity index (χ1v) is 5.82. The summed E-state index contributed by atoms with van der Waals surface area (Å²) >= 11 is 2.92. The van der Waals surface area contributed by atoms with E-state index in [1.54, 1.807) is 0 Å². The van der Waals surface area contributed by atoms with Crippen molar-refractivity contribution in [3.05, 3.63) is 57.8 Å². The number of nitrogen functional groups attached to an aromatic ring is 1. The van der Waals surface area contributed by atoms with Crippen molar-refractivity contribution < 1.29 is 13.9 Å². The molecule has 1 atom stereocenters. The Morgan fingerprint density at radius 3 is 2.61 bits per heavy atom. The number of pyridine rings is 1. The molecule has 0 aliphatic carbocycles. The molecule has 0 amide bonds. The predicted octanol–water partition coefficient (Wildman–Crippen LogP) is 2.79. The minimum atomic E-state index is -1.18. The van der Waals surface area contributed by atoms with Gasteiger partial charge in [0.05, 0.1) is 4.47 Å². The summed E-state index contributed by atoms with van der Waals surface area (Å²) in [4.78, 5) is 3.84. The Labute approximate surface area is 110 Å². The number of nitrogens with zero attached hydrogens (tertiary/aromatic N) is 1. The number of rotatable bonds is 2. The van der Waals surface area contributed by atoms with E-state index in [1.165, 1.54) is 24.5 Å². The van der Waals surface area contributed by atoms with E-state index in [0.717, 1.165) is 6.07 Å². The Morgan fingerprint density at radius 2 is 1.94 bits per heavy atom. The van der Waals surface area contributed by atoms with Crippen LogP contribution in [0.3, 0.4) is 0 Å². The monoisotopic (exact) mass is 314 g/mol. The highest BCUT2D eigenvalue weighted by molar-refractivity contribution is 9.10. The van der Waals surface area contributed by atoms with Crippen LogP contribution >= 0.6 is 15.9 Å². The van der Waals surface area contributed by atoms with Gasteiger partial charge in [-0.05, 0) is 28.1 Å².